The van der Waals surface area contributed by atoms with E-state index in [4.69, 9.17) is 4.74 Å². The fourth-order valence-electron chi connectivity index (χ4n) is 3.59. The Labute approximate surface area is 174 Å². The second-order valence-electron chi connectivity index (χ2n) is 7.42. The van der Waals surface area contributed by atoms with E-state index in [1.807, 2.05) is 25.1 Å². The van der Waals surface area contributed by atoms with Crippen LogP contribution in [-0.2, 0) is 22.5 Å². The summed E-state index contributed by atoms with van der Waals surface area (Å²) in [5.41, 5.74) is 2.32. The Hall–Kier alpha value is -3.13. The minimum Gasteiger partial charge on any atom is -0.368 e. The Morgan fingerprint density at radius 1 is 1.23 bits per heavy atom. The van der Waals surface area contributed by atoms with Gasteiger partial charge in [0.05, 0.1) is 18.8 Å². The summed E-state index contributed by atoms with van der Waals surface area (Å²) in [6.45, 7) is 5.22. The molecular formula is C22H24FN5O2. The summed E-state index contributed by atoms with van der Waals surface area (Å²) in [5.74, 6) is 1.13. The van der Waals surface area contributed by atoms with Crippen molar-refractivity contribution >= 4 is 5.91 Å². The van der Waals surface area contributed by atoms with Crippen molar-refractivity contribution in [3.63, 3.8) is 0 Å². The summed E-state index contributed by atoms with van der Waals surface area (Å²) in [6.07, 6.45) is 1.93. The van der Waals surface area contributed by atoms with Gasteiger partial charge in [0.25, 0.3) is 0 Å². The number of ether oxygens (including phenoxy) is 1. The molecule has 1 amide bonds. The Kier molecular flexibility index (Phi) is 5.85. The molecule has 0 N–H and O–H groups in total. The second kappa shape index (κ2) is 8.71. The Balaban J connectivity index is 1.40. The van der Waals surface area contributed by atoms with Crippen molar-refractivity contribution in [2.24, 2.45) is 0 Å². The Morgan fingerprint density at radius 3 is 2.77 bits per heavy atom. The van der Waals surface area contributed by atoms with Gasteiger partial charge in [-0.25, -0.2) is 14.1 Å². The molecule has 1 atom stereocenters. The maximum atomic E-state index is 13.9. The van der Waals surface area contributed by atoms with Crippen LogP contribution in [0.4, 0.5) is 4.39 Å². The summed E-state index contributed by atoms with van der Waals surface area (Å²) in [7, 11) is 0. The molecule has 1 aliphatic heterocycles. The first-order valence-corrected chi connectivity index (χ1v) is 9.95. The quantitative estimate of drug-likeness (QED) is 0.648. The van der Waals surface area contributed by atoms with E-state index < -0.39 is 0 Å². The van der Waals surface area contributed by atoms with E-state index in [0.717, 1.165) is 17.1 Å². The van der Waals surface area contributed by atoms with E-state index in [9.17, 15) is 9.18 Å². The van der Waals surface area contributed by atoms with Gasteiger partial charge in [0.1, 0.15) is 30.1 Å². The first kappa shape index (κ1) is 20.2. The highest BCUT2D eigenvalue weighted by Crippen LogP contribution is 2.22. The minimum absolute atomic E-state index is 0.0209. The highest BCUT2D eigenvalue weighted by molar-refractivity contribution is 5.76. The topological polar surface area (TPSA) is 73.1 Å². The maximum Gasteiger partial charge on any atom is 0.244 e. The first-order valence-electron chi connectivity index (χ1n) is 9.95. The van der Waals surface area contributed by atoms with Crippen molar-refractivity contribution in [1.29, 1.82) is 0 Å². The smallest absolute Gasteiger partial charge is 0.244 e. The van der Waals surface area contributed by atoms with Crippen LogP contribution in [0.1, 0.15) is 34.6 Å². The third-order valence-corrected chi connectivity index (χ3v) is 5.20. The van der Waals surface area contributed by atoms with Gasteiger partial charge in [-0.05, 0) is 37.1 Å². The zero-order chi connectivity index (χ0) is 21.1. The number of morpholine rings is 1. The van der Waals surface area contributed by atoms with Gasteiger partial charge in [0.15, 0.2) is 0 Å². The van der Waals surface area contributed by atoms with E-state index in [-0.39, 0.29) is 24.4 Å². The van der Waals surface area contributed by atoms with Crippen molar-refractivity contribution < 1.29 is 13.9 Å². The number of amides is 1. The van der Waals surface area contributed by atoms with Gasteiger partial charge in [-0.3, -0.25) is 9.78 Å². The summed E-state index contributed by atoms with van der Waals surface area (Å²) >= 11 is 0. The zero-order valence-electron chi connectivity index (χ0n) is 17.1. The van der Waals surface area contributed by atoms with E-state index in [1.54, 1.807) is 34.8 Å². The molecule has 1 aliphatic rings. The molecule has 3 heterocycles. The molecule has 8 heteroatoms. The van der Waals surface area contributed by atoms with Gasteiger partial charge in [0.2, 0.25) is 5.91 Å². The zero-order valence-corrected chi connectivity index (χ0v) is 17.1. The lowest BCUT2D eigenvalue weighted by Crippen LogP contribution is -2.44. The number of rotatable bonds is 5. The number of hydrogen-bond acceptors (Lipinski definition) is 5. The monoisotopic (exact) mass is 409 g/mol. The molecule has 1 aromatic carbocycles. The van der Waals surface area contributed by atoms with Gasteiger partial charge in [-0.2, -0.15) is 5.10 Å². The molecule has 4 rings (SSSR count). The fourth-order valence-corrected chi connectivity index (χ4v) is 3.59. The van der Waals surface area contributed by atoms with Crippen molar-refractivity contribution in [1.82, 2.24) is 24.6 Å². The van der Waals surface area contributed by atoms with Crippen molar-refractivity contribution in [3.8, 4) is 0 Å². The third-order valence-electron chi connectivity index (χ3n) is 5.20. The molecule has 0 aliphatic carbocycles. The normalized spacial score (nSPS) is 16.6. The molecule has 1 fully saturated rings. The number of aryl methyl sites for hydroxylation is 2. The molecule has 3 aromatic rings. The number of benzene rings is 1. The van der Waals surface area contributed by atoms with Crippen molar-refractivity contribution in [3.05, 3.63) is 76.9 Å². The van der Waals surface area contributed by atoms with Crippen LogP contribution in [-0.4, -0.2) is 50.3 Å². The van der Waals surface area contributed by atoms with Crippen LogP contribution in [0.2, 0.25) is 0 Å². The van der Waals surface area contributed by atoms with Gasteiger partial charge in [-0.15, -0.1) is 0 Å². The molecule has 1 saturated heterocycles. The molecule has 0 spiro atoms. The standard InChI is InChI=1S/C22H24FN5O2/c1-15-25-16(2)28(26-15)14-22(29)27-9-10-30-21(13-27)20-8-7-17(12-24-20)11-18-5-3-4-6-19(18)23/h3-8,12,21H,9-11,13-14H2,1-2H3/t21-/m1/s1. The van der Waals surface area contributed by atoms with Crippen LogP contribution in [0.15, 0.2) is 42.6 Å². The predicted octanol–water partition coefficient (Wildman–Crippen LogP) is 2.62. The molecule has 30 heavy (non-hydrogen) atoms. The summed E-state index contributed by atoms with van der Waals surface area (Å²) in [4.78, 5) is 23.2. The number of carbonyl (C=O) groups is 1. The fraction of sp³-hybridized carbons (Fsp3) is 0.364. The number of aromatic nitrogens is 4. The van der Waals surface area contributed by atoms with E-state index in [2.05, 4.69) is 15.1 Å². The van der Waals surface area contributed by atoms with Crippen LogP contribution < -0.4 is 0 Å². The van der Waals surface area contributed by atoms with E-state index in [0.29, 0.717) is 37.5 Å². The number of hydrogen-bond donors (Lipinski definition) is 0. The molecule has 7 nitrogen and oxygen atoms in total. The largest absolute Gasteiger partial charge is 0.368 e. The van der Waals surface area contributed by atoms with Gasteiger partial charge < -0.3 is 9.64 Å². The second-order valence-corrected chi connectivity index (χ2v) is 7.42. The van der Waals surface area contributed by atoms with Crippen LogP contribution in [0.25, 0.3) is 0 Å². The van der Waals surface area contributed by atoms with E-state index in [1.165, 1.54) is 6.07 Å². The summed E-state index contributed by atoms with van der Waals surface area (Å²) in [5, 5.41) is 4.26. The maximum absolute atomic E-state index is 13.9. The van der Waals surface area contributed by atoms with Crippen LogP contribution in [0.5, 0.6) is 0 Å². The lowest BCUT2D eigenvalue weighted by molar-refractivity contribution is -0.140. The van der Waals surface area contributed by atoms with Crippen LogP contribution in [0, 0.1) is 19.7 Å². The summed E-state index contributed by atoms with van der Waals surface area (Å²) in [6, 6.07) is 10.6. The van der Waals surface area contributed by atoms with Crippen molar-refractivity contribution in [2.75, 3.05) is 19.7 Å². The van der Waals surface area contributed by atoms with Crippen LogP contribution >= 0.6 is 0 Å². The number of nitrogens with zero attached hydrogens (tertiary/aromatic N) is 5. The minimum atomic E-state index is -0.288. The van der Waals surface area contributed by atoms with Gasteiger partial charge >= 0.3 is 0 Å². The molecule has 0 bridgehead atoms. The molecule has 0 saturated carbocycles. The van der Waals surface area contributed by atoms with E-state index >= 15 is 0 Å². The lowest BCUT2D eigenvalue weighted by Gasteiger charge is -2.32. The molecule has 156 valence electrons. The third kappa shape index (κ3) is 4.54. The summed E-state index contributed by atoms with van der Waals surface area (Å²) < 4.78 is 21.3. The van der Waals surface area contributed by atoms with Crippen LogP contribution in [0.3, 0.4) is 0 Å². The van der Waals surface area contributed by atoms with Gasteiger partial charge in [-0.1, -0.05) is 24.3 Å². The van der Waals surface area contributed by atoms with Crippen molar-refractivity contribution in [2.45, 2.75) is 32.9 Å². The highest BCUT2D eigenvalue weighted by Gasteiger charge is 2.26. The highest BCUT2D eigenvalue weighted by atomic mass is 19.1. The SMILES string of the molecule is Cc1nc(C)n(CC(=O)N2CCO[C@@H](c3ccc(Cc4ccccc4F)cn3)C2)n1. The predicted molar refractivity (Wildman–Crippen MR) is 108 cm³/mol. The molecule has 0 radical (unpaired) electrons. The lowest BCUT2D eigenvalue weighted by atomic mass is 10.1. The molecule has 0 unspecified atom stereocenters. The Bertz CT molecular complexity index is 1030. The molecule has 2 aromatic heterocycles. The molecular weight excluding hydrogens is 385 g/mol. The van der Waals surface area contributed by atoms with Gasteiger partial charge in [0, 0.05) is 19.2 Å². The Morgan fingerprint density at radius 2 is 2.07 bits per heavy atom. The number of halogens is 1. The average molecular weight is 409 g/mol. The number of pyridine rings is 1. The average Bonchev–Trinajstić information content (AvgIpc) is 3.07. The first-order chi connectivity index (χ1) is 14.5. The number of carbonyl (C=O) groups excluding carboxylic acids is 1.